The molecule has 0 fully saturated rings. The van der Waals surface area contributed by atoms with Crippen LogP contribution in [0.4, 0.5) is 0 Å². The van der Waals surface area contributed by atoms with E-state index in [0.717, 1.165) is 50.8 Å². The number of nitrogens with one attached hydrogen (secondary N) is 4. The van der Waals surface area contributed by atoms with Crippen molar-refractivity contribution < 1.29 is 52.2 Å². The maximum atomic E-state index is 12.4. The SMILES string of the molecule is CCCCC(=O)CCC(NC(=O)CC[C@H](CC(=O)CCCNC(=O)CCCS(=O)(=O)NC(=O)CCCCCCCCCCCCCCCc1nn[nH]n1)C(=O)O)C(=O)O. The van der Waals surface area contributed by atoms with Crippen LogP contribution in [0.1, 0.15) is 180 Å². The van der Waals surface area contributed by atoms with Crippen molar-refractivity contribution in [1.82, 2.24) is 36.0 Å². The molecule has 0 spiro atoms. The van der Waals surface area contributed by atoms with E-state index in [1.165, 1.54) is 44.9 Å². The van der Waals surface area contributed by atoms with Crippen molar-refractivity contribution in [3.8, 4) is 0 Å². The first-order valence-electron chi connectivity index (χ1n) is 21.5. The average molecular weight is 856 g/mol. The molecule has 19 heteroatoms. The first-order chi connectivity index (χ1) is 28.2. The summed E-state index contributed by atoms with van der Waals surface area (Å²) in [4.78, 5) is 84.3. The number of carboxylic acid groups (broad SMARTS) is 2. The van der Waals surface area contributed by atoms with Gasteiger partial charge in [0.15, 0.2) is 5.82 Å². The molecule has 1 unspecified atom stereocenters. The molecule has 1 aromatic rings. The number of carbonyl (C=O) groups is 7. The number of Topliss-reactive ketones (excluding diaryl/α,β-unsaturated/α-hetero) is 2. The minimum Gasteiger partial charge on any atom is -0.481 e. The van der Waals surface area contributed by atoms with Gasteiger partial charge in [-0.15, -0.1) is 10.2 Å². The first kappa shape index (κ1) is 52.7. The highest BCUT2D eigenvalue weighted by molar-refractivity contribution is 7.90. The number of nitrogens with zero attached hydrogens (tertiary/aromatic N) is 3. The number of aliphatic carboxylic acids is 2. The van der Waals surface area contributed by atoms with Crippen molar-refractivity contribution in [2.24, 2.45) is 5.92 Å². The standard InChI is InChI=1S/C40H69N7O11S/c1-2-3-19-32(48)25-26-34(40(55)56)42-37(51)27-24-31(39(53)54)30-33(49)20-17-28-41-36(50)23-18-29-59(57,58)45-38(52)22-16-14-12-10-8-6-4-5-7-9-11-13-15-21-35-43-46-47-44-35/h31,34H,2-30H2,1H3,(H,41,50)(H,42,51)(H,45,52)(H,53,54)(H,55,56)(H,43,44,46,47)/t31-,34?/m1/s1. The lowest BCUT2D eigenvalue weighted by Crippen LogP contribution is -2.41. The second kappa shape index (κ2) is 32.5. The lowest BCUT2D eigenvalue weighted by molar-refractivity contribution is -0.145. The van der Waals surface area contributed by atoms with Crippen molar-refractivity contribution >= 4 is 51.2 Å². The molecule has 0 radical (unpaired) electrons. The Morgan fingerprint density at radius 1 is 0.627 bits per heavy atom. The van der Waals surface area contributed by atoms with E-state index in [-0.39, 0.29) is 82.3 Å². The van der Waals surface area contributed by atoms with Gasteiger partial charge in [0.05, 0.1) is 11.7 Å². The molecule has 0 bridgehead atoms. The number of carboxylic acids is 2. The summed E-state index contributed by atoms with van der Waals surface area (Å²) in [6.07, 6.45) is 16.3. The van der Waals surface area contributed by atoms with E-state index in [1.807, 2.05) is 6.92 Å². The highest BCUT2D eigenvalue weighted by Crippen LogP contribution is 2.16. The molecule has 1 aromatic heterocycles. The van der Waals surface area contributed by atoms with Crippen LogP contribution in [0.5, 0.6) is 0 Å². The van der Waals surface area contributed by atoms with E-state index in [2.05, 4.69) is 36.0 Å². The van der Waals surface area contributed by atoms with Crippen molar-refractivity contribution in [3.05, 3.63) is 5.82 Å². The summed E-state index contributed by atoms with van der Waals surface area (Å²) < 4.78 is 26.7. The fourth-order valence-corrected chi connectivity index (χ4v) is 7.50. The Labute approximate surface area is 349 Å². The third-order valence-corrected chi connectivity index (χ3v) is 11.3. The van der Waals surface area contributed by atoms with Crippen LogP contribution in [0.2, 0.25) is 0 Å². The molecule has 59 heavy (non-hydrogen) atoms. The lowest BCUT2D eigenvalue weighted by atomic mass is 9.95. The molecular formula is C40H69N7O11S. The molecule has 18 nitrogen and oxygen atoms in total. The van der Waals surface area contributed by atoms with Crippen LogP contribution in [0.15, 0.2) is 0 Å². The lowest BCUT2D eigenvalue weighted by Gasteiger charge is -2.16. The Morgan fingerprint density at radius 3 is 1.80 bits per heavy atom. The van der Waals surface area contributed by atoms with Crippen molar-refractivity contribution in [3.63, 3.8) is 0 Å². The topological polar surface area (TPSA) is 285 Å². The molecule has 0 aliphatic carbocycles. The number of hydrogen-bond donors (Lipinski definition) is 6. The minimum absolute atomic E-state index is 0.00162. The summed E-state index contributed by atoms with van der Waals surface area (Å²) in [6, 6.07) is -1.28. The van der Waals surface area contributed by atoms with E-state index < -0.39 is 57.4 Å². The molecule has 6 N–H and O–H groups in total. The summed E-state index contributed by atoms with van der Waals surface area (Å²) in [6.45, 7) is 2.04. The predicted molar refractivity (Wildman–Crippen MR) is 219 cm³/mol. The molecule has 0 aliphatic rings. The molecule has 3 amide bonds. The second-order valence-electron chi connectivity index (χ2n) is 15.3. The molecule has 0 aliphatic heterocycles. The third-order valence-electron chi connectivity index (χ3n) is 9.93. The summed E-state index contributed by atoms with van der Waals surface area (Å²) in [7, 11) is -3.88. The zero-order chi connectivity index (χ0) is 43.7. The van der Waals surface area contributed by atoms with E-state index in [0.29, 0.717) is 19.3 Å². The Balaban J connectivity index is 2.10. The Kier molecular flexibility index (Phi) is 29.1. The Morgan fingerprint density at radius 2 is 1.22 bits per heavy atom. The van der Waals surface area contributed by atoms with Crippen LogP contribution >= 0.6 is 0 Å². The number of hydrogen-bond acceptors (Lipinski definition) is 12. The van der Waals surface area contributed by atoms with Gasteiger partial charge in [0.1, 0.15) is 17.6 Å². The molecule has 2 atom stereocenters. The third kappa shape index (κ3) is 29.6. The molecule has 1 rings (SSSR count). The summed E-state index contributed by atoms with van der Waals surface area (Å²) in [5.41, 5.74) is 0. The zero-order valence-corrected chi connectivity index (χ0v) is 35.8. The molecular weight excluding hydrogens is 787 g/mol. The van der Waals surface area contributed by atoms with Gasteiger partial charge in [-0.2, -0.15) is 5.21 Å². The number of aryl methyl sites for hydroxylation is 1. The number of ketones is 2. The number of tetrazole rings is 1. The molecule has 0 aromatic carbocycles. The summed E-state index contributed by atoms with van der Waals surface area (Å²) >= 11 is 0. The maximum absolute atomic E-state index is 12.4. The first-order valence-corrected chi connectivity index (χ1v) is 23.2. The van der Waals surface area contributed by atoms with Gasteiger partial charge < -0.3 is 20.8 Å². The van der Waals surface area contributed by atoms with Gasteiger partial charge in [-0.3, -0.25) is 33.5 Å². The van der Waals surface area contributed by atoms with Crippen LogP contribution in [-0.4, -0.2) is 98.8 Å². The van der Waals surface area contributed by atoms with Crippen LogP contribution < -0.4 is 15.4 Å². The van der Waals surface area contributed by atoms with Crippen LogP contribution in [-0.2, 0) is 50.0 Å². The van der Waals surface area contributed by atoms with Crippen molar-refractivity contribution in [2.75, 3.05) is 12.3 Å². The van der Waals surface area contributed by atoms with Gasteiger partial charge in [0.2, 0.25) is 27.7 Å². The average Bonchev–Trinajstić information content (AvgIpc) is 3.70. The minimum atomic E-state index is -3.88. The van der Waals surface area contributed by atoms with Crippen LogP contribution in [0.25, 0.3) is 0 Å². The van der Waals surface area contributed by atoms with Gasteiger partial charge in [-0.1, -0.05) is 89.2 Å². The van der Waals surface area contributed by atoms with Crippen molar-refractivity contribution in [1.29, 1.82) is 0 Å². The van der Waals surface area contributed by atoms with E-state index >= 15 is 0 Å². The normalized spacial score (nSPS) is 12.4. The molecule has 0 saturated carbocycles. The van der Waals surface area contributed by atoms with Gasteiger partial charge in [-0.05, 0) is 44.9 Å². The number of H-pyrrole nitrogens is 1. The Bertz CT molecular complexity index is 1510. The number of unbranched alkanes of at least 4 members (excludes halogenated alkanes) is 13. The van der Waals surface area contributed by atoms with Crippen molar-refractivity contribution in [2.45, 2.75) is 186 Å². The van der Waals surface area contributed by atoms with E-state index in [1.54, 1.807) is 0 Å². The zero-order valence-electron chi connectivity index (χ0n) is 35.0. The summed E-state index contributed by atoms with van der Waals surface area (Å²) in [5.74, 6) is -5.52. The number of amides is 3. The van der Waals surface area contributed by atoms with E-state index in [4.69, 9.17) is 0 Å². The summed E-state index contributed by atoms with van der Waals surface area (Å²) in [5, 5.41) is 37.8. The number of aromatic nitrogens is 4. The number of rotatable bonds is 39. The molecule has 336 valence electrons. The van der Waals surface area contributed by atoms with Crippen LogP contribution in [0, 0.1) is 5.92 Å². The predicted octanol–water partition coefficient (Wildman–Crippen LogP) is 4.88. The molecule has 1 heterocycles. The van der Waals surface area contributed by atoms with Gasteiger partial charge in [0, 0.05) is 57.9 Å². The highest BCUT2D eigenvalue weighted by Gasteiger charge is 2.25. The van der Waals surface area contributed by atoms with Gasteiger partial charge in [-0.25, -0.2) is 13.2 Å². The monoisotopic (exact) mass is 855 g/mol. The van der Waals surface area contributed by atoms with E-state index in [9.17, 15) is 52.2 Å². The number of sulfonamides is 1. The second-order valence-corrected chi connectivity index (χ2v) is 17.1. The number of carbonyl (C=O) groups excluding carboxylic acids is 5. The fraction of sp³-hybridized carbons (Fsp3) is 0.800. The quantitative estimate of drug-likeness (QED) is 0.0482. The maximum Gasteiger partial charge on any atom is 0.326 e. The van der Waals surface area contributed by atoms with Gasteiger partial charge in [0.25, 0.3) is 0 Å². The molecule has 0 saturated heterocycles. The smallest absolute Gasteiger partial charge is 0.326 e. The number of aromatic amines is 1. The van der Waals surface area contributed by atoms with Crippen LogP contribution in [0.3, 0.4) is 0 Å². The largest absolute Gasteiger partial charge is 0.481 e. The highest BCUT2D eigenvalue weighted by atomic mass is 32.2. The Hall–Kier alpha value is -4.29. The fourth-order valence-electron chi connectivity index (χ4n) is 6.42. The van der Waals surface area contributed by atoms with Gasteiger partial charge >= 0.3 is 11.9 Å².